The van der Waals surface area contributed by atoms with E-state index in [1.54, 1.807) is 18.6 Å². The normalized spacial score (nSPS) is 18.0. The van der Waals surface area contributed by atoms with Crippen LogP contribution in [0.1, 0.15) is 18.4 Å². The Hall–Kier alpha value is -2.43. The molecule has 1 N–H and O–H groups in total. The van der Waals surface area contributed by atoms with Gasteiger partial charge in [-0.05, 0) is 36.6 Å². The molecule has 0 aliphatic carbocycles. The molecule has 1 aliphatic heterocycles. The number of nitrogens with one attached hydrogen (secondary N) is 1. The van der Waals surface area contributed by atoms with Crippen LogP contribution in [0.25, 0.3) is 0 Å². The zero-order chi connectivity index (χ0) is 15.2. The Morgan fingerprint density at radius 2 is 2.23 bits per heavy atom. The van der Waals surface area contributed by atoms with Gasteiger partial charge in [-0.3, -0.25) is 9.78 Å². The number of carbonyl (C=O) groups is 1. The van der Waals surface area contributed by atoms with Crippen molar-refractivity contribution in [1.29, 1.82) is 0 Å². The summed E-state index contributed by atoms with van der Waals surface area (Å²) in [6.45, 7) is 1.81. The molecule has 2 aromatic heterocycles. The third-order valence-corrected chi connectivity index (χ3v) is 3.85. The van der Waals surface area contributed by atoms with Gasteiger partial charge in [0.2, 0.25) is 5.91 Å². The molecule has 5 heteroatoms. The highest BCUT2D eigenvalue weighted by Crippen LogP contribution is 2.17. The van der Waals surface area contributed by atoms with Crippen LogP contribution in [0.3, 0.4) is 0 Å². The number of anilines is 1. The molecule has 2 aromatic rings. The Labute approximate surface area is 130 Å². The first-order valence-electron chi connectivity index (χ1n) is 7.65. The minimum atomic E-state index is 0.0564. The maximum Gasteiger partial charge on any atom is 0.224 e. The summed E-state index contributed by atoms with van der Waals surface area (Å²) in [7, 11) is 0. The highest BCUT2D eigenvalue weighted by Gasteiger charge is 2.22. The smallest absolute Gasteiger partial charge is 0.224 e. The molecule has 0 bridgehead atoms. The van der Waals surface area contributed by atoms with Crippen molar-refractivity contribution >= 4 is 11.7 Å². The first-order chi connectivity index (χ1) is 10.8. The van der Waals surface area contributed by atoms with Gasteiger partial charge in [-0.25, -0.2) is 4.98 Å². The van der Waals surface area contributed by atoms with Crippen molar-refractivity contribution in [3.63, 3.8) is 0 Å². The largest absolute Gasteiger partial charge is 0.355 e. The lowest BCUT2D eigenvalue weighted by molar-refractivity contribution is -0.121. The molecule has 1 atom stereocenters. The topological polar surface area (TPSA) is 58.1 Å². The minimum Gasteiger partial charge on any atom is -0.355 e. The summed E-state index contributed by atoms with van der Waals surface area (Å²) in [6.07, 6.45) is 7.72. The molecule has 0 radical (unpaired) electrons. The zero-order valence-corrected chi connectivity index (χ0v) is 12.5. The summed E-state index contributed by atoms with van der Waals surface area (Å²) in [6, 6.07) is 9.88. The number of hydrogen-bond donors (Lipinski definition) is 1. The van der Waals surface area contributed by atoms with Gasteiger partial charge in [0.1, 0.15) is 5.82 Å². The number of aromatic nitrogens is 2. The van der Waals surface area contributed by atoms with E-state index in [1.165, 1.54) is 0 Å². The monoisotopic (exact) mass is 296 g/mol. The lowest BCUT2D eigenvalue weighted by atomic mass is 10.0. The molecule has 1 aliphatic rings. The van der Waals surface area contributed by atoms with Crippen molar-refractivity contribution in [2.75, 3.05) is 18.0 Å². The van der Waals surface area contributed by atoms with Gasteiger partial charge in [-0.1, -0.05) is 12.1 Å². The molecule has 3 rings (SSSR count). The van der Waals surface area contributed by atoms with E-state index < -0.39 is 0 Å². The van der Waals surface area contributed by atoms with Gasteiger partial charge in [0.15, 0.2) is 0 Å². The molecule has 22 heavy (non-hydrogen) atoms. The second kappa shape index (κ2) is 7.02. The fourth-order valence-electron chi connectivity index (χ4n) is 2.81. The van der Waals surface area contributed by atoms with Crippen molar-refractivity contribution < 1.29 is 4.79 Å². The predicted molar refractivity (Wildman–Crippen MR) is 85.6 cm³/mol. The second-order valence-electron chi connectivity index (χ2n) is 5.58. The summed E-state index contributed by atoms with van der Waals surface area (Å²) in [4.78, 5) is 22.8. The number of hydrogen-bond acceptors (Lipinski definition) is 4. The number of carbonyl (C=O) groups excluding carboxylic acids is 1. The van der Waals surface area contributed by atoms with Crippen LogP contribution in [0.15, 0.2) is 48.9 Å². The molecule has 1 fully saturated rings. The fourth-order valence-corrected chi connectivity index (χ4v) is 2.81. The molecule has 5 nitrogen and oxygen atoms in total. The van der Waals surface area contributed by atoms with Crippen LogP contribution >= 0.6 is 0 Å². The summed E-state index contributed by atoms with van der Waals surface area (Å²) >= 11 is 0. The maximum absolute atomic E-state index is 12.2. The summed E-state index contributed by atoms with van der Waals surface area (Å²) < 4.78 is 0. The van der Waals surface area contributed by atoms with Gasteiger partial charge in [-0.2, -0.15) is 0 Å². The van der Waals surface area contributed by atoms with Crippen LogP contribution in [0.2, 0.25) is 0 Å². The fraction of sp³-hybridized carbons (Fsp3) is 0.353. The van der Waals surface area contributed by atoms with E-state index in [1.807, 2.05) is 30.3 Å². The number of rotatable bonds is 4. The molecule has 114 valence electrons. The van der Waals surface area contributed by atoms with E-state index in [0.29, 0.717) is 6.42 Å². The van der Waals surface area contributed by atoms with Gasteiger partial charge in [-0.15, -0.1) is 0 Å². The van der Waals surface area contributed by atoms with Gasteiger partial charge < -0.3 is 10.2 Å². The van der Waals surface area contributed by atoms with Crippen molar-refractivity contribution in [3.8, 4) is 0 Å². The average Bonchev–Trinajstić information content (AvgIpc) is 2.57. The number of amides is 1. The van der Waals surface area contributed by atoms with Gasteiger partial charge in [0.25, 0.3) is 0 Å². The Balaban J connectivity index is 1.55. The van der Waals surface area contributed by atoms with E-state index in [0.717, 1.165) is 37.3 Å². The van der Waals surface area contributed by atoms with Gasteiger partial charge >= 0.3 is 0 Å². The Bertz CT molecular complexity index is 603. The van der Waals surface area contributed by atoms with Gasteiger partial charge in [0.05, 0.1) is 6.42 Å². The SMILES string of the molecule is O=C(Cc1cccnc1)NC1CCCN(c2ccccn2)C1. The van der Waals surface area contributed by atoms with Crippen LogP contribution in [0, 0.1) is 0 Å². The third-order valence-electron chi connectivity index (χ3n) is 3.85. The van der Waals surface area contributed by atoms with Crippen LogP contribution in [-0.4, -0.2) is 35.0 Å². The number of nitrogens with zero attached hydrogens (tertiary/aromatic N) is 3. The molecule has 3 heterocycles. The van der Waals surface area contributed by atoms with E-state index in [-0.39, 0.29) is 11.9 Å². The predicted octanol–water partition coefficient (Wildman–Crippen LogP) is 1.80. The maximum atomic E-state index is 12.2. The first-order valence-corrected chi connectivity index (χ1v) is 7.65. The molecule has 1 unspecified atom stereocenters. The third kappa shape index (κ3) is 3.81. The van der Waals surface area contributed by atoms with E-state index in [4.69, 9.17) is 0 Å². The lowest BCUT2D eigenvalue weighted by Crippen LogP contribution is -2.48. The van der Waals surface area contributed by atoms with Crippen LogP contribution < -0.4 is 10.2 Å². The van der Waals surface area contributed by atoms with Crippen molar-refractivity contribution in [1.82, 2.24) is 15.3 Å². The lowest BCUT2D eigenvalue weighted by Gasteiger charge is -2.34. The highest BCUT2D eigenvalue weighted by atomic mass is 16.1. The van der Waals surface area contributed by atoms with Crippen molar-refractivity contribution in [2.45, 2.75) is 25.3 Å². The first kappa shape index (κ1) is 14.5. The van der Waals surface area contributed by atoms with Crippen molar-refractivity contribution in [2.24, 2.45) is 0 Å². The van der Waals surface area contributed by atoms with E-state index in [2.05, 4.69) is 20.2 Å². The minimum absolute atomic E-state index is 0.0564. The molecular weight excluding hydrogens is 276 g/mol. The number of piperidine rings is 1. The standard InChI is InChI=1S/C17H20N4O/c22-17(11-14-5-3-8-18-12-14)20-15-6-4-10-21(13-15)16-7-1-2-9-19-16/h1-3,5,7-9,12,15H,4,6,10-11,13H2,(H,20,22). The highest BCUT2D eigenvalue weighted by molar-refractivity contribution is 5.78. The summed E-state index contributed by atoms with van der Waals surface area (Å²) in [5, 5.41) is 3.13. The van der Waals surface area contributed by atoms with Crippen LogP contribution in [0.5, 0.6) is 0 Å². The molecule has 1 amide bonds. The van der Waals surface area contributed by atoms with Gasteiger partial charge in [0, 0.05) is 37.7 Å². The Morgan fingerprint density at radius 3 is 3.00 bits per heavy atom. The Kier molecular flexibility index (Phi) is 4.63. The zero-order valence-electron chi connectivity index (χ0n) is 12.5. The summed E-state index contributed by atoms with van der Waals surface area (Å²) in [5.41, 5.74) is 0.942. The average molecular weight is 296 g/mol. The molecule has 0 spiro atoms. The van der Waals surface area contributed by atoms with E-state index in [9.17, 15) is 4.79 Å². The van der Waals surface area contributed by atoms with Crippen molar-refractivity contribution in [3.05, 3.63) is 54.5 Å². The number of pyridine rings is 2. The molecule has 1 saturated heterocycles. The summed E-state index contributed by atoms with van der Waals surface area (Å²) in [5.74, 6) is 1.04. The van der Waals surface area contributed by atoms with Crippen LogP contribution in [-0.2, 0) is 11.2 Å². The quantitative estimate of drug-likeness (QED) is 0.935. The van der Waals surface area contributed by atoms with Crippen LogP contribution in [0.4, 0.5) is 5.82 Å². The second-order valence-corrected chi connectivity index (χ2v) is 5.58. The molecule has 0 saturated carbocycles. The Morgan fingerprint density at radius 1 is 1.27 bits per heavy atom. The molecule has 0 aromatic carbocycles. The van der Waals surface area contributed by atoms with E-state index >= 15 is 0 Å². The molecular formula is C17H20N4O.